The second-order valence-corrected chi connectivity index (χ2v) is 4.52. The zero-order chi connectivity index (χ0) is 15.4. The Morgan fingerprint density at radius 1 is 1.19 bits per heavy atom. The highest BCUT2D eigenvalue weighted by Gasteiger charge is 2.21. The second kappa shape index (κ2) is 6.30. The summed E-state index contributed by atoms with van der Waals surface area (Å²) < 4.78 is 26.8. The number of rotatable bonds is 5. The molecule has 0 radical (unpaired) electrons. The molecule has 0 saturated carbocycles. The van der Waals surface area contributed by atoms with Crippen LogP contribution in [-0.4, -0.2) is 4.92 Å². The van der Waals surface area contributed by atoms with Gasteiger partial charge in [-0.15, -0.1) is 0 Å². The Kier molecular flexibility index (Phi) is 4.47. The molecule has 110 valence electrons. The van der Waals surface area contributed by atoms with Crippen LogP contribution in [-0.2, 0) is 13.0 Å². The Bertz CT molecular complexity index is 675. The first-order valence-corrected chi connectivity index (χ1v) is 6.47. The lowest BCUT2D eigenvalue weighted by molar-refractivity contribution is -0.386. The van der Waals surface area contributed by atoms with Gasteiger partial charge in [-0.1, -0.05) is 31.2 Å². The minimum absolute atomic E-state index is 0.164. The Balaban J connectivity index is 2.30. The van der Waals surface area contributed by atoms with Gasteiger partial charge in [-0.2, -0.15) is 4.39 Å². The smallest absolute Gasteiger partial charge is 0.327 e. The summed E-state index contributed by atoms with van der Waals surface area (Å²) in [5.74, 6) is -2.05. The molecule has 0 saturated heterocycles. The van der Waals surface area contributed by atoms with E-state index < -0.39 is 22.2 Å². The van der Waals surface area contributed by atoms with Crippen molar-refractivity contribution in [3.8, 4) is 0 Å². The summed E-state index contributed by atoms with van der Waals surface area (Å²) in [6.45, 7) is 2.25. The van der Waals surface area contributed by atoms with Gasteiger partial charge < -0.3 is 5.32 Å². The van der Waals surface area contributed by atoms with Crippen LogP contribution in [0.2, 0.25) is 0 Å². The van der Waals surface area contributed by atoms with E-state index in [1.165, 1.54) is 0 Å². The van der Waals surface area contributed by atoms with Gasteiger partial charge in [0, 0.05) is 18.7 Å². The van der Waals surface area contributed by atoms with E-state index in [0.29, 0.717) is 6.07 Å². The summed E-state index contributed by atoms with van der Waals surface area (Å²) >= 11 is 0. The molecule has 0 spiro atoms. The van der Waals surface area contributed by atoms with Crippen LogP contribution in [0.4, 0.5) is 20.2 Å². The Morgan fingerprint density at radius 3 is 2.48 bits per heavy atom. The van der Waals surface area contributed by atoms with Crippen LogP contribution in [0.25, 0.3) is 0 Å². The quantitative estimate of drug-likeness (QED) is 0.668. The molecule has 0 aromatic heterocycles. The average molecular weight is 292 g/mol. The van der Waals surface area contributed by atoms with E-state index >= 15 is 0 Å². The highest BCUT2D eigenvalue weighted by molar-refractivity contribution is 5.62. The van der Waals surface area contributed by atoms with Gasteiger partial charge in [0.2, 0.25) is 5.82 Å². The van der Waals surface area contributed by atoms with Crippen molar-refractivity contribution in [2.75, 3.05) is 5.32 Å². The highest BCUT2D eigenvalue weighted by atomic mass is 19.1. The van der Waals surface area contributed by atoms with Crippen LogP contribution in [0.3, 0.4) is 0 Å². The molecule has 2 aromatic rings. The molecule has 2 rings (SSSR count). The van der Waals surface area contributed by atoms with E-state index in [-0.39, 0.29) is 12.2 Å². The molecular weight excluding hydrogens is 278 g/mol. The van der Waals surface area contributed by atoms with Crippen LogP contribution in [0.15, 0.2) is 36.4 Å². The molecule has 6 heteroatoms. The number of nitro groups is 1. The molecular formula is C15H14F2N2O2. The van der Waals surface area contributed by atoms with Gasteiger partial charge in [-0.25, -0.2) is 4.39 Å². The summed E-state index contributed by atoms with van der Waals surface area (Å²) in [5, 5.41) is 13.6. The van der Waals surface area contributed by atoms with Crippen LogP contribution in [0, 0.1) is 21.7 Å². The molecule has 0 aliphatic heterocycles. The molecule has 0 aliphatic carbocycles. The molecule has 0 heterocycles. The first-order chi connectivity index (χ1) is 10.0. The Labute approximate surface area is 120 Å². The third kappa shape index (κ3) is 3.34. The molecule has 0 aliphatic rings. The van der Waals surface area contributed by atoms with Crippen molar-refractivity contribution >= 4 is 11.4 Å². The maximum absolute atomic E-state index is 13.5. The van der Waals surface area contributed by atoms with Crippen molar-refractivity contribution in [3.05, 3.63) is 69.3 Å². The zero-order valence-electron chi connectivity index (χ0n) is 11.4. The third-order valence-corrected chi connectivity index (χ3v) is 3.18. The number of nitrogens with one attached hydrogen (secondary N) is 1. The van der Waals surface area contributed by atoms with Gasteiger partial charge in [0.15, 0.2) is 0 Å². The fourth-order valence-corrected chi connectivity index (χ4v) is 2.15. The third-order valence-electron chi connectivity index (χ3n) is 3.18. The number of hydrogen-bond acceptors (Lipinski definition) is 3. The number of anilines is 1. The maximum atomic E-state index is 13.5. The van der Waals surface area contributed by atoms with E-state index in [1.807, 2.05) is 31.2 Å². The fourth-order valence-electron chi connectivity index (χ4n) is 2.15. The Morgan fingerprint density at radius 2 is 1.86 bits per heavy atom. The summed E-state index contributed by atoms with van der Waals surface area (Å²) in [5.41, 5.74) is 1.09. The van der Waals surface area contributed by atoms with Crippen molar-refractivity contribution in [1.29, 1.82) is 0 Å². The first kappa shape index (κ1) is 14.9. The molecule has 0 bridgehead atoms. The van der Waals surface area contributed by atoms with Gasteiger partial charge in [0.05, 0.1) is 4.92 Å². The van der Waals surface area contributed by atoms with E-state index in [4.69, 9.17) is 0 Å². The van der Waals surface area contributed by atoms with Crippen molar-refractivity contribution < 1.29 is 13.7 Å². The van der Waals surface area contributed by atoms with E-state index in [9.17, 15) is 18.9 Å². The van der Waals surface area contributed by atoms with Crippen molar-refractivity contribution in [2.45, 2.75) is 19.9 Å². The predicted octanol–water partition coefficient (Wildman–Crippen LogP) is 4.05. The van der Waals surface area contributed by atoms with E-state index in [2.05, 4.69) is 5.32 Å². The van der Waals surface area contributed by atoms with Crippen LogP contribution >= 0.6 is 0 Å². The molecule has 0 unspecified atom stereocenters. The standard InChI is InChI=1S/C15H14F2N2O2/c1-2-10-5-3-4-6-11(10)9-18-14-8-12(16)7-13(17)15(14)19(20)21/h3-8,18H,2,9H2,1H3. The van der Waals surface area contributed by atoms with Crippen LogP contribution < -0.4 is 5.32 Å². The molecule has 4 nitrogen and oxygen atoms in total. The SMILES string of the molecule is CCc1ccccc1CNc1cc(F)cc(F)c1[N+](=O)[O-]. The van der Waals surface area contributed by atoms with Crippen molar-refractivity contribution in [3.63, 3.8) is 0 Å². The van der Waals surface area contributed by atoms with Crippen molar-refractivity contribution in [1.82, 2.24) is 0 Å². The first-order valence-electron chi connectivity index (χ1n) is 6.47. The number of nitrogens with zero attached hydrogens (tertiary/aromatic N) is 1. The van der Waals surface area contributed by atoms with Gasteiger partial charge in [0.1, 0.15) is 11.5 Å². The van der Waals surface area contributed by atoms with Gasteiger partial charge in [-0.3, -0.25) is 10.1 Å². The van der Waals surface area contributed by atoms with Crippen molar-refractivity contribution in [2.24, 2.45) is 0 Å². The van der Waals surface area contributed by atoms with Crippen LogP contribution in [0.1, 0.15) is 18.1 Å². The number of nitro benzene ring substituents is 1. The lowest BCUT2D eigenvalue weighted by Crippen LogP contribution is -2.06. The molecule has 0 atom stereocenters. The summed E-state index contributed by atoms with van der Waals surface area (Å²) in [6, 6.07) is 8.98. The number of benzene rings is 2. The predicted molar refractivity (Wildman–Crippen MR) is 76.2 cm³/mol. The van der Waals surface area contributed by atoms with Gasteiger partial charge in [-0.05, 0) is 17.5 Å². The number of aryl methyl sites for hydroxylation is 1. The largest absolute Gasteiger partial charge is 0.375 e. The minimum atomic E-state index is -1.19. The molecule has 21 heavy (non-hydrogen) atoms. The zero-order valence-corrected chi connectivity index (χ0v) is 11.4. The molecule has 2 aromatic carbocycles. The van der Waals surface area contributed by atoms with Gasteiger partial charge in [0.25, 0.3) is 0 Å². The maximum Gasteiger partial charge on any atom is 0.327 e. The lowest BCUT2D eigenvalue weighted by Gasteiger charge is -2.11. The summed E-state index contributed by atoms with van der Waals surface area (Å²) in [4.78, 5) is 10.0. The number of hydrogen-bond donors (Lipinski definition) is 1. The highest BCUT2D eigenvalue weighted by Crippen LogP contribution is 2.29. The summed E-state index contributed by atoms with van der Waals surface area (Å²) in [7, 11) is 0. The fraction of sp³-hybridized carbons (Fsp3) is 0.200. The van der Waals surface area contributed by atoms with E-state index in [0.717, 1.165) is 23.6 Å². The minimum Gasteiger partial charge on any atom is -0.375 e. The average Bonchev–Trinajstić information content (AvgIpc) is 2.44. The van der Waals surface area contributed by atoms with Gasteiger partial charge >= 0.3 is 5.69 Å². The van der Waals surface area contributed by atoms with E-state index in [1.54, 1.807) is 0 Å². The second-order valence-electron chi connectivity index (χ2n) is 4.52. The summed E-state index contributed by atoms with van der Waals surface area (Å²) in [6.07, 6.45) is 0.803. The molecule has 0 amide bonds. The number of halogens is 2. The monoisotopic (exact) mass is 292 g/mol. The molecule has 0 fully saturated rings. The normalized spacial score (nSPS) is 10.4. The lowest BCUT2D eigenvalue weighted by atomic mass is 10.1. The topological polar surface area (TPSA) is 55.2 Å². The van der Waals surface area contributed by atoms with Crippen LogP contribution in [0.5, 0.6) is 0 Å². The Hall–Kier alpha value is -2.50. The molecule has 1 N–H and O–H groups in total.